The topological polar surface area (TPSA) is 0 Å². The van der Waals surface area contributed by atoms with Crippen molar-refractivity contribution in [3.05, 3.63) is 20.8 Å². The Morgan fingerprint density at radius 3 is 2.87 bits per heavy atom. The van der Waals surface area contributed by atoms with E-state index in [2.05, 4.69) is 27.4 Å². The molecule has 0 radical (unpaired) electrons. The fourth-order valence-electron chi connectivity index (χ4n) is 2.29. The molecule has 0 aliphatic heterocycles. The minimum atomic E-state index is 0.397. The molecule has 1 saturated carbocycles. The summed E-state index contributed by atoms with van der Waals surface area (Å²) < 4.78 is 1.21. The summed E-state index contributed by atoms with van der Waals surface area (Å²) in [4.78, 5) is 1.47. The molecule has 0 saturated heterocycles. The first kappa shape index (κ1) is 11.9. The van der Waals surface area contributed by atoms with E-state index in [9.17, 15) is 0 Å². The van der Waals surface area contributed by atoms with Gasteiger partial charge in [-0.15, -0.1) is 22.9 Å². The average molecular weight is 308 g/mol. The van der Waals surface area contributed by atoms with Gasteiger partial charge in [0, 0.05) is 20.1 Å². The fourth-order valence-corrected chi connectivity index (χ4v) is 4.20. The Morgan fingerprint density at radius 1 is 1.33 bits per heavy atom. The van der Waals surface area contributed by atoms with Crippen molar-refractivity contribution < 1.29 is 0 Å². The Bertz CT molecular complexity index is 310. The molecule has 0 N–H and O–H groups in total. The van der Waals surface area contributed by atoms with Gasteiger partial charge in [0.15, 0.2) is 0 Å². The van der Waals surface area contributed by atoms with E-state index in [1.165, 1.54) is 47.9 Å². The van der Waals surface area contributed by atoms with Gasteiger partial charge in [0.05, 0.1) is 0 Å². The number of halogens is 2. The monoisotopic (exact) mass is 306 g/mol. The van der Waals surface area contributed by atoms with Crippen molar-refractivity contribution >= 4 is 38.9 Å². The second-order valence-electron chi connectivity index (χ2n) is 4.35. The third-order valence-corrected chi connectivity index (χ3v) is 5.45. The molecule has 1 fully saturated rings. The molecule has 1 aromatic heterocycles. The first-order valence-corrected chi connectivity index (χ1v) is 7.73. The summed E-state index contributed by atoms with van der Waals surface area (Å²) in [7, 11) is 0. The summed E-state index contributed by atoms with van der Waals surface area (Å²) in [5, 5.41) is 2.56. The van der Waals surface area contributed by atoms with Gasteiger partial charge in [-0.1, -0.05) is 19.3 Å². The molecule has 0 nitrogen and oxygen atoms in total. The van der Waals surface area contributed by atoms with E-state index in [1.807, 2.05) is 11.3 Å². The van der Waals surface area contributed by atoms with Crippen LogP contribution in [0.25, 0.3) is 0 Å². The van der Waals surface area contributed by atoms with E-state index in [4.69, 9.17) is 11.6 Å². The number of hydrogen-bond acceptors (Lipinski definition) is 1. The Balaban J connectivity index is 1.97. The summed E-state index contributed by atoms with van der Waals surface area (Å²) in [5.41, 5.74) is 0. The molecule has 0 bridgehead atoms. The lowest BCUT2D eigenvalue weighted by atomic mass is 9.95. The molecule has 0 amide bonds. The van der Waals surface area contributed by atoms with Gasteiger partial charge in [0.1, 0.15) is 0 Å². The predicted molar refractivity (Wildman–Crippen MR) is 71.9 cm³/mol. The summed E-state index contributed by atoms with van der Waals surface area (Å²) in [6, 6.07) is 2.24. The summed E-state index contributed by atoms with van der Waals surface area (Å²) in [5.74, 6) is 0.694. The lowest BCUT2D eigenvalue weighted by molar-refractivity contribution is 0.468. The fraction of sp³-hybridized carbons (Fsp3) is 0.667. The maximum absolute atomic E-state index is 6.44. The molecule has 2 rings (SSSR count). The van der Waals surface area contributed by atoms with Crippen molar-refractivity contribution in [3.8, 4) is 0 Å². The van der Waals surface area contributed by atoms with Crippen LogP contribution in [0.15, 0.2) is 15.9 Å². The lowest BCUT2D eigenvalue weighted by Crippen LogP contribution is -2.15. The quantitative estimate of drug-likeness (QED) is 0.518. The van der Waals surface area contributed by atoms with E-state index < -0.39 is 0 Å². The number of thiophene rings is 1. The third-order valence-electron chi connectivity index (χ3n) is 3.15. The summed E-state index contributed by atoms with van der Waals surface area (Å²) in [6.45, 7) is 0. The van der Waals surface area contributed by atoms with E-state index in [1.54, 1.807) is 0 Å². The van der Waals surface area contributed by atoms with Crippen molar-refractivity contribution in [2.45, 2.75) is 43.9 Å². The van der Waals surface area contributed by atoms with Crippen LogP contribution in [0.1, 0.15) is 37.0 Å². The van der Waals surface area contributed by atoms with Gasteiger partial charge < -0.3 is 0 Å². The third kappa shape index (κ3) is 3.47. The maximum atomic E-state index is 6.44. The smallest absolute Gasteiger partial charge is 0.0367 e. The molecule has 2 atom stereocenters. The molecular weight excluding hydrogens is 292 g/mol. The SMILES string of the molecule is ClC1CCCCCC1Cc1cc(Br)cs1. The van der Waals surface area contributed by atoms with E-state index in [0.29, 0.717) is 11.3 Å². The van der Waals surface area contributed by atoms with Crippen LogP contribution in [0.2, 0.25) is 0 Å². The standard InChI is InChI=1S/C12H16BrClS/c13-10-7-11(15-8-10)6-9-4-2-1-3-5-12(9)14/h7-9,12H,1-6H2. The highest BCUT2D eigenvalue weighted by molar-refractivity contribution is 9.10. The van der Waals surface area contributed by atoms with Gasteiger partial charge in [0.2, 0.25) is 0 Å². The van der Waals surface area contributed by atoms with E-state index in [0.717, 1.165) is 0 Å². The Labute approximate surface area is 109 Å². The number of hydrogen-bond donors (Lipinski definition) is 0. The molecule has 2 unspecified atom stereocenters. The van der Waals surface area contributed by atoms with Gasteiger partial charge in [-0.25, -0.2) is 0 Å². The second kappa shape index (κ2) is 5.70. The maximum Gasteiger partial charge on any atom is 0.0367 e. The highest BCUT2D eigenvalue weighted by Gasteiger charge is 2.22. The van der Waals surface area contributed by atoms with E-state index >= 15 is 0 Å². The summed E-state index contributed by atoms with van der Waals surface area (Å²) in [6.07, 6.45) is 7.74. The van der Waals surface area contributed by atoms with Crippen LogP contribution >= 0.6 is 38.9 Å². The van der Waals surface area contributed by atoms with Crippen LogP contribution < -0.4 is 0 Å². The van der Waals surface area contributed by atoms with Crippen molar-refractivity contribution in [2.75, 3.05) is 0 Å². The Kier molecular flexibility index (Phi) is 4.53. The van der Waals surface area contributed by atoms with Crippen molar-refractivity contribution in [1.29, 1.82) is 0 Å². The molecule has 0 aromatic carbocycles. The van der Waals surface area contributed by atoms with Crippen molar-refractivity contribution in [2.24, 2.45) is 5.92 Å². The minimum absolute atomic E-state index is 0.397. The molecule has 84 valence electrons. The second-order valence-corrected chi connectivity index (χ2v) is 6.82. The van der Waals surface area contributed by atoms with Crippen LogP contribution in [0, 0.1) is 5.92 Å². The lowest BCUT2D eigenvalue weighted by Gasteiger charge is -2.18. The van der Waals surface area contributed by atoms with E-state index in [-0.39, 0.29) is 0 Å². The van der Waals surface area contributed by atoms with Crippen LogP contribution in [-0.2, 0) is 6.42 Å². The van der Waals surface area contributed by atoms with Gasteiger partial charge >= 0.3 is 0 Å². The number of rotatable bonds is 2. The zero-order valence-electron chi connectivity index (χ0n) is 8.72. The van der Waals surface area contributed by atoms with Gasteiger partial charge in [0.25, 0.3) is 0 Å². The highest BCUT2D eigenvalue weighted by atomic mass is 79.9. The first-order valence-electron chi connectivity index (χ1n) is 5.62. The molecule has 1 aromatic rings. The van der Waals surface area contributed by atoms with Crippen LogP contribution in [0.4, 0.5) is 0 Å². The van der Waals surface area contributed by atoms with Crippen molar-refractivity contribution in [1.82, 2.24) is 0 Å². The average Bonchev–Trinajstić information content (AvgIpc) is 2.50. The summed E-state index contributed by atoms with van der Waals surface area (Å²) >= 11 is 11.8. The molecule has 1 aliphatic carbocycles. The van der Waals surface area contributed by atoms with Gasteiger partial charge in [-0.3, -0.25) is 0 Å². The Morgan fingerprint density at radius 2 is 2.13 bits per heavy atom. The van der Waals surface area contributed by atoms with Crippen LogP contribution in [-0.4, -0.2) is 5.38 Å². The molecule has 3 heteroatoms. The Hall–Kier alpha value is 0.470. The zero-order chi connectivity index (χ0) is 10.7. The highest BCUT2D eigenvalue weighted by Crippen LogP contribution is 2.32. The predicted octanol–water partition coefficient (Wildman–Crippen LogP) is 5.24. The molecule has 0 spiro atoms. The molecule has 15 heavy (non-hydrogen) atoms. The molecule has 1 heterocycles. The van der Waals surface area contributed by atoms with Crippen molar-refractivity contribution in [3.63, 3.8) is 0 Å². The van der Waals surface area contributed by atoms with Crippen LogP contribution in [0.5, 0.6) is 0 Å². The van der Waals surface area contributed by atoms with Gasteiger partial charge in [-0.05, 0) is 47.2 Å². The molecule has 1 aliphatic rings. The first-order chi connectivity index (χ1) is 7.25. The van der Waals surface area contributed by atoms with Gasteiger partial charge in [-0.2, -0.15) is 0 Å². The van der Waals surface area contributed by atoms with Crippen LogP contribution in [0.3, 0.4) is 0 Å². The normalized spacial score (nSPS) is 27.6. The number of alkyl halides is 1. The zero-order valence-corrected chi connectivity index (χ0v) is 11.9. The minimum Gasteiger partial charge on any atom is -0.148 e. The largest absolute Gasteiger partial charge is 0.148 e. The molecular formula is C12H16BrClS.